The third-order valence-electron chi connectivity index (χ3n) is 4.19. The monoisotopic (exact) mass is 351 g/mol. The molecule has 3 nitrogen and oxygen atoms in total. The van der Waals surface area contributed by atoms with Gasteiger partial charge in [-0.05, 0) is 31.9 Å². The number of Topliss-reactive ketones (excluding diaryl/α,β-unsaturated/α-hetero) is 1. The Balaban J connectivity index is 2.11. The maximum absolute atomic E-state index is 12.7. The second-order valence-electron chi connectivity index (χ2n) is 5.52. The van der Waals surface area contributed by atoms with Crippen molar-refractivity contribution in [2.45, 2.75) is 45.1 Å². The summed E-state index contributed by atoms with van der Waals surface area (Å²) in [6, 6.07) is 7.39. The number of nitrogens with zero attached hydrogens (tertiary/aromatic N) is 1. The highest BCUT2D eigenvalue weighted by Crippen LogP contribution is 2.24. The van der Waals surface area contributed by atoms with E-state index in [2.05, 4.69) is 15.9 Å². The van der Waals surface area contributed by atoms with Crippen molar-refractivity contribution in [2.24, 2.45) is 0 Å². The van der Waals surface area contributed by atoms with Gasteiger partial charge in [0.15, 0.2) is 5.78 Å². The molecule has 4 heteroatoms. The molecule has 1 saturated carbocycles. The molecular formula is C17H22BrNO2. The molecule has 0 unspecified atom stereocenters. The van der Waals surface area contributed by atoms with E-state index in [0.29, 0.717) is 22.5 Å². The Morgan fingerprint density at radius 1 is 1.10 bits per heavy atom. The van der Waals surface area contributed by atoms with Crippen molar-refractivity contribution in [2.75, 3.05) is 11.9 Å². The summed E-state index contributed by atoms with van der Waals surface area (Å²) in [4.78, 5) is 26.2. The van der Waals surface area contributed by atoms with E-state index in [9.17, 15) is 9.59 Å². The summed E-state index contributed by atoms with van der Waals surface area (Å²) in [5.74, 6) is 0.121. The maximum atomic E-state index is 12.7. The second-order valence-corrected chi connectivity index (χ2v) is 6.08. The average molecular weight is 352 g/mol. The molecular weight excluding hydrogens is 330 g/mol. The zero-order chi connectivity index (χ0) is 15.2. The Kier molecular flexibility index (Phi) is 5.97. The molecule has 114 valence electrons. The normalized spacial score (nSPS) is 15.7. The quantitative estimate of drug-likeness (QED) is 0.592. The molecule has 0 atom stereocenters. The van der Waals surface area contributed by atoms with E-state index in [0.717, 1.165) is 19.4 Å². The van der Waals surface area contributed by atoms with E-state index in [1.807, 2.05) is 11.8 Å². The van der Waals surface area contributed by atoms with Crippen molar-refractivity contribution in [1.29, 1.82) is 0 Å². The maximum Gasteiger partial charge on any atom is 0.254 e. The van der Waals surface area contributed by atoms with Crippen molar-refractivity contribution in [3.05, 3.63) is 35.4 Å². The number of carbonyl (C=O) groups is 2. The number of rotatable bonds is 5. The average Bonchev–Trinajstić information content (AvgIpc) is 2.56. The third kappa shape index (κ3) is 3.94. The van der Waals surface area contributed by atoms with Gasteiger partial charge in [-0.1, -0.05) is 47.3 Å². The summed E-state index contributed by atoms with van der Waals surface area (Å²) in [6.45, 7) is 2.78. The van der Waals surface area contributed by atoms with Crippen LogP contribution >= 0.6 is 15.9 Å². The standard InChI is InChI=1S/C17H22BrNO2/c1-2-19(15-6-4-3-5-7-15)17(21)14-10-8-13(9-11-14)16(20)12-18/h8-11,15H,2-7,12H2,1H3. The van der Waals surface area contributed by atoms with Crippen LogP contribution in [0.5, 0.6) is 0 Å². The first-order valence-electron chi connectivity index (χ1n) is 7.67. The molecule has 0 spiro atoms. The molecule has 0 aliphatic heterocycles. The highest BCUT2D eigenvalue weighted by Gasteiger charge is 2.24. The van der Waals surface area contributed by atoms with Gasteiger partial charge in [-0.2, -0.15) is 0 Å². The Morgan fingerprint density at radius 3 is 2.19 bits per heavy atom. The Morgan fingerprint density at radius 2 is 1.67 bits per heavy atom. The van der Waals surface area contributed by atoms with Crippen LogP contribution < -0.4 is 0 Å². The van der Waals surface area contributed by atoms with Gasteiger partial charge in [-0.3, -0.25) is 9.59 Å². The fourth-order valence-electron chi connectivity index (χ4n) is 3.00. The van der Waals surface area contributed by atoms with Gasteiger partial charge in [0.05, 0.1) is 5.33 Å². The zero-order valence-corrected chi connectivity index (χ0v) is 14.1. The minimum absolute atomic E-state index is 0.0358. The highest BCUT2D eigenvalue weighted by molar-refractivity contribution is 9.09. The van der Waals surface area contributed by atoms with Gasteiger partial charge in [-0.15, -0.1) is 0 Å². The Bertz CT molecular complexity index is 492. The predicted molar refractivity (Wildman–Crippen MR) is 88.2 cm³/mol. The summed E-state index contributed by atoms with van der Waals surface area (Å²) >= 11 is 3.16. The van der Waals surface area contributed by atoms with Gasteiger partial charge in [-0.25, -0.2) is 0 Å². The van der Waals surface area contributed by atoms with Crippen LogP contribution in [0, 0.1) is 0 Å². The summed E-state index contributed by atoms with van der Waals surface area (Å²) in [5.41, 5.74) is 1.32. The lowest BCUT2D eigenvalue weighted by molar-refractivity contribution is 0.0647. The van der Waals surface area contributed by atoms with Crippen molar-refractivity contribution < 1.29 is 9.59 Å². The largest absolute Gasteiger partial charge is 0.336 e. The van der Waals surface area contributed by atoms with Gasteiger partial charge >= 0.3 is 0 Å². The van der Waals surface area contributed by atoms with Crippen LogP contribution in [-0.2, 0) is 0 Å². The van der Waals surface area contributed by atoms with E-state index >= 15 is 0 Å². The molecule has 0 heterocycles. The predicted octanol–water partition coefficient (Wildman–Crippen LogP) is 4.06. The third-order valence-corrected chi connectivity index (χ3v) is 4.70. The lowest BCUT2D eigenvalue weighted by atomic mass is 9.93. The van der Waals surface area contributed by atoms with Gasteiger partial charge < -0.3 is 4.90 Å². The van der Waals surface area contributed by atoms with Crippen molar-refractivity contribution >= 4 is 27.6 Å². The van der Waals surface area contributed by atoms with E-state index in [4.69, 9.17) is 0 Å². The Labute approximate surface area is 134 Å². The molecule has 1 aliphatic rings. The van der Waals surface area contributed by atoms with Crippen LogP contribution in [0.3, 0.4) is 0 Å². The molecule has 0 bridgehead atoms. The molecule has 0 radical (unpaired) electrons. The fraction of sp³-hybridized carbons (Fsp3) is 0.529. The van der Waals surface area contributed by atoms with Crippen molar-refractivity contribution in [3.8, 4) is 0 Å². The number of amides is 1. The molecule has 21 heavy (non-hydrogen) atoms. The second kappa shape index (κ2) is 7.74. The molecule has 0 saturated heterocycles. The molecule has 1 fully saturated rings. The molecule has 1 amide bonds. The van der Waals surface area contributed by atoms with Crippen LogP contribution in [0.2, 0.25) is 0 Å². The zero-order valence-electron chi connectivity index (χ0n) is 12.5. The van der Waals surface area contributed by atoms with Gasteiger partial charge in [0.2, 0.25) is 0 Å². The van der Waals surface area contributed by atoms with E-state index < -0.39 is 0 Å². The molecule has 1 aliphatic carbocycles. The van der Waals surface area contributed by atoms with Gasteiger partial charge in [0.1, 0.15) is 0 Å². The van der Waals surface area contributed by atoms with Crippen LogP contribution in [-0.4, -0.2) is 34.5 Å². The van der Waals surface area contributed by atoms with E-state index in [1.54, 1.807) is 24.3 Å². The number of ketones is 1. The first-order valence-corrected chi connectivity index (χ1v) is 8.79. The first kappa shape index (κ1) is 16.2. The number of halogens is 1. The minimum atomic E-state index is 0.0358. The topological polar surface area (TPSA) is 37.4 Å². The van der Waals surface area contributed by atoms with Crippen LogP contribution in [0.25, 0.3) is 0 Å². The first-order chi connectivity index (χ1) is 10.2. The molecule has 1 aromatic rings. The highest BCUT2D eigenvalue weighted by atomic mass is 79.9. The molecule has 2 rings (SSSR count). The number of hydrogen-bond acceptors (Lipinski definition) is 2. The van der Waals surface area contributed by atoms with Gasteiger partial charge in [0.25, 0.3) is 5.91 Å². The summed E-state index contributed by atoms with van der Waals surface area (Å²) in [6.07, 6.45) is 5.94. The number of alkyl halides is 1. The fourth-order valence-corrected chi connectivity index (χ4v) is 3.33. The smallest absolute Gasteiger partial charge is 0.254 e. The van der Waals surface area contributed by atoms with E-state index in [1.165, 1.54) is 19.3 Å². The van der Waals surface area contributed by atoms with Gasteiger partial charge in [0, 0.05) is 23.7 Å². The van der Waals surface area contributed by atoms with Crippen LogP contribution in [0.4, 0.5) is 0 Å². The lowest BCUT2D eigenvalue weighted by Gasteiger charge is -2.33. The Hall–Kier alpha value is -1.16. The number of carbonyl (C=O) groups excluding carboxylic acids is 2. The number of hydrogen-bond donors (Lipinski definition) is 0. The van der Waals surface area contributed by atoms with Crippen molar-refractivity contribution in [3.63, 3.8) is 0 Å². The minimum Gasteiger partial charge on any atom is -0.336 e. The lowest BCUT2D eigenvalue weighted by Crippen LogP contribution is -2.41. The van der Waals surface area contributed by atoms with Crippen molar-refractivity contribution in [1.82, 2.24) is 4.90 Å². The molecule has 0 aromatic heterocycles. The summed E-state index contributed by atoms with van der Waals surface area (Å²) in [5, 5.41) is 0.309. The summed E-state index contributed by atoms with van der Waals surface area (Å²) < 4.78 is 0. The summed E-state index contributed by atoms with van der Waals surface area (Å²) in [7, 11) is 0. The SMILES string of the molecule is CCN(C(=O)c1ccc(C(=O)CBr)cc1)C1CCCCC1. The number of benzene rings is 1. The van der Waals surface area contributed by atoms with Crippen LogP contribution in [0.15, 0.2) is 24.3 Å². The molecule has 1 aromatic carbocycles. The van der Waals surface area contributed by atoms with Crippen LogP contribution in [0.1, 0.15) is 59.7 Å². The molecule has 0 N–H and O–H groups in total. The van der Waals surface area contributed by atoms with E-state index in [-0.39, 0.29) is 11.7 Å².